The van der Waals surface area contributed by atoms with Crippen molar-refractivity contribution in [3.05, 3.63) is 66.6 Å². The summed E-state index contributed by atoms with van der Waals surface area (Å²) in [6, 6.07) is 16.2. The van der Waals surface area contributed by atoms with Crippen LogP contribution >= 0.6 is 0 Å². The van der Waals surface area contributed by atoms with Crippen molar-refractivity contribution < 1.29 is 4.79 Å². The van der Waals surface area contributed by atoms with Gasteiger partial charge >= 0.3 is 0 Å². The lowest BCUT2D eigenvalue weighted by atomic mass is 10.1. The second-order valence-corrected chi connectivity index (χ2v) is 6.58. The quantitative estimate of drug-likeness (QED) is 0.610. The van der Waals surface area contributed by atoms with E-state index >= 15 is 0 Å². The Morgan fingerprint density at radius 1 is 1.12 bits per heavy atom. The topological polar surface area (TPSA) is 53.9 Å². The van der Waals surface area contributed by atoms with Crippen LogP contribution < -0.4 is 0 Å². The molecular formula is C20H18N4O. The van der Waals surface area contributed by atoms with Gasteiger partial charge in [-0.1, -0.05) is 18.2 Å². The summed E-state index contributed by atoms with van der Waals surface area (Å²) < 4.78 is 2.21. The molecule has 5 heteroatoms. The normalized spacial score (nSPS) is 17.6. The van der Waals surface area contributed by atoms with Crippen molar-refractivity contribution >= 4 is 27.8 Å². The first-order valence-electron chi connectivity index (χ1n) is 8.58. The predicted octanol–water partition coefficient (Wildman–Crippen LogP) is 3.60. The minimum absolute atomic E-state index is 0.108. The van der Waals surface area contributed by atoms with Crippen molar-refractivity contribution in [1.82, 2.24) is 19.4 Å². The first-order chi connectivity index (χ1) is 12.3. The number of fused-ring (bicyclic) bond motifs is 2. The molecule has 1 N–H and O–H groups in total. The van der Waals surface area contributed by atoms with E-state index in [4.69, 9.17) is 0 Å². The van der Waals surface area contributed by atoms with Gasteiger partial charge in [0.05, 0.1) is 23.4 Å². The summed E-state index contributed by atoms with van der Waals surface area (Å²) in [5, 5.41) is 0.990. The molecule has 2 aromatic carbocycles. The van der Waals surface area contributed by atoms with Crippen LogP contribution in [0.5, 0.6) is 0 Å². The van der Waals surface area contributed by atoms with Crippen LogP contribution in [0.25, 0.3) is 21.9 Å². The molecule has 1 aliphatic rings. The first-order valence-corrected chi connectivity index (χ1v) is 8.58. The van der Waals surface area contributed by atoms with Crippen LogP contribution in [0.4, 0.5) is 0 Å². The summed E-state index contributed by atoms with van der Waals surface area (Å²) in [5.41, 5.74) is 3.91. The number of nitrogens with one attached hydrogen (secondary N) is 1. The number of likely N-dealkylation sites (tertiary alicyclic amines) is 1. The van der Waals surface area contributed by atoms with Gasteiger partial charge in [0.1, 0.15) is 0 Å². The number of hydrogen-bond donors (Lipinski definition) is 1. The van der Waals surface area contributed by atoms with Crippen molar-refractivity contribution in [3.8, 4) is 0 Å². The van der Waals surface area contributed by atoms with Crippen molar-refractivity contribution in [2.24, 2.45) is 0 Å². The largest absolute Gasteiger partial charge is 0.361 e. The zero-order chi connectivity index (χ0) is 16.8. The Morgan fingerprint density at radius 3 is 3.00 bits per heavy atom. The van der Waals surface area contributed by atoms with Gasteiger partial charge < -0.3 is 14.5 Å². The minimum Gasteiger partial charge on any atom is -0.361 e. The number of benzene rings is 2. The Kier molecular flexibility index (Phi) is 3.13. The molecule has 4 aromatic rings. The summed E-state index contributed by atoms with van der Waals surface area (Å²) in [7, 11) is 0. The van der Waals surface area contributed by atoms with E-state index in [-0.39, 0.29) is 11.9 Å². The third-order valence-corrected chi connectivity index (χ3v) is 5.15. The number of hydrogen-bond acceptors (Lipinski definition) is 2. The van der Waals surface area contributed by atoms with E-state index in [0.717, 1.165) is 47.0 Å². The Labute approximate surface area is 144 Å². The Balaban J connectivity index is 1.44. The van der Waals surface area contributed by atoms with Gasteiger partial charge in [0.15, 0.2) is 0 Å². The first kappa shape index (κ1) is 14.3. The maximum Gasteiger partial charge on any atom is 0.254 e. The van der Waals surface area contributed by atoms with Crippen LogP contribution in [-0.2, 0) is 0 Å². The van der Waals surface area contributed by atoms with E-state index < -0.39 is 0 Å². The predicted molar refractivity (Wildman–Crippen MR) is 97.6 cm³/mol. The third-order valence-electron chi connectivity index (χ3n) is 5.15. The van der Waals surface area contributed by atoms with Crippen LogP contribution in [0, 0.1) is 0 Å². The molecule has 5 nitrogen and oxygen atoms in total. The minimum atomic E-state index is 0.108. The number of H-pyrrole nitrogens is 1. The van der Waals surface area contributed by atoms with Gasteiger partial charge in [-0.15, -0.1) is 0 Å². The van der Waals surface area contributed by atoms with E-state index in [1.54, 1.807) is 0 Å². The molecule has 1 atom stereocenters. The zero-order valence-corrected chi connectivity index (χ0v) is 13.7. The summed E-state index contributed by atoms with van der Waals surface area (Å²) in [4.78, 5) is 22.6. The molecule has 0 bridgehead atoms. The van der Waals surface area contributed by atoms with Gasteiger partial charge in [-0.3, -0.25) is 4.79 Å². The second-order valence-electron chi connectivity index (χ2n) is 6.58. The molecule has 124 valence electrons. The molecule has 0 radical (unpaired) electrons. The van der Waals surface area contributed by atoms with Crippen molar-refractivity contribution in [3.63, 3.8) is 0 Å². The van der Waals surface area contributed by atoms with E-state index in [9.17, 15) is 4.79 Å². The fraction of sp³-hybridized carbons (Fsp3) is 0.200. The van der Waals surface area contributed by atoms with Crippen LogP contribution in [0.15, 0.2) is 61.1 Å². The highest BCUT2D eigenvalue weighted by Crippen LogP contribution is 2.28. The summed E-state index contributed by atoms with van der Waals surface area (Å²) in [6.45, 7) is 1.50. The van der Waals surface area contributed by atoms with E-state index in [0.29, 0.717) is 0 Å². The standard InChI is InChI=1S/C20H18N4O/c25-20(16-4-3-6-17-15(16)8-10-21-17)23-11-9-14(12-23)24-13-22-18-5-1-2-7-19(18)24/h1-8,10,13-14,21H,9,11-12H2. The molecule has 5 rings (SSSR count). The average Bonchev–Trinajstić information content (AvgIpc) is 3.38. The highest BCUT2D eigenvalue weighted by molar-refractivity contribution is 6.06. The molecule has 0 aliphatic carbocycles. The van der Waals surface area contributed by atoms with Crippen molar-refractivity contribution in [2.45, 2.75) is 12.5 Å². The monoisotopic (exact) mass is 330 g/mol. The molecule has 1 amide bonds. The molecular weight excluding hydrogens is 312 g/mol. The van der Waals surface area contributed by atoms with Gasteiger partial charge in [0.2, 0.25) is 0 Å². The molecule has 25 heavy (non-hydrogen) atoms. The highest BCUT2D eigenvalue weighted by Gasteiger charge is 2.29. The zero-order valence-electron chi connectivity index (χ0n) is 13.7. The molecule has 2 aromatic heterocycles. The smallest absolute Gasteiger partial charge is 0.254 e. The van der Waals surface area contributed by atoms with Crippen LogP contribution in [0.1, 0.15) is 22.8 Å². The third kappa shape index (κ3) is 2.23. The molecule has 3 heterocycles. The van der Waals surface area contributed by atoms with Crippen LogP contribution in [0.2, 0.25) is 0 Å². The number of amides is 1. The molecule has 1 fully saturated rings. The Bertz CT molecular complexity index is 1080. The van der Waals surface area contributed by atoms with E-state index in [1.807, 2.05) is 59.9 Å². The lowest BCUT2D eigenvalue weighted by Gasteiger charge is -2.18. The number of aromatic amines is 1. The number of rotatable bonds is 2. The SMILES string of the molecule is O=C(c1cccc2[nH]ccc12)N1CCC(n2cnc3ccccc32)C1. The van der Waals surface area contributed by atoms with Crippen molar-refractivity contribution in [2.75, 3.05) is 13.1 Å². The fourth-order valence-corrected chi connectivity index (χ4v) is 3.86. The van der Waals surface area contributed by atoms with Gasteiger partial charge in [0, 0.05) is 35.8 Å². The average molecular weight is 330 g/mol. The Hall–Kier alpha value is -3.08. The maximum atomic E-state index is 13.0. The number of carbonyl (C=O) groups excluding carboxylic acids is 1. The fourth-order valence-electron chi connectivity index (χ4n) is 3.86. The van der Waals surface area contributed by atoms with E-state index in [1.165, 1.54) is 0 Å². The highest BCUT2D eigenvalue weighted by atomic mass is 16.2. The number of imidazole rings is 1. The molecule has 1 unspecified atom stereocenters. The summed E-state index contributed by atoms with van der Waals surface area (Å²) in [5.74, 6) is 0.108. The van der Waals surface area contributed by atoms with Gasteiger partial charge in [-0.25, -0.2) is 4.98 Å². The maximum absolute atomic E-state index is 13.0. The van der Waals surface area contributed by atoms with Gasteiger partial charge in [0.25, 0.3) is 5.91 Å². The lowest BCUT2D eigenvalue weighted by molar-refractivity contribution is 0.0790. The van der Waals surface area contributed by atoms with Crippen LogP contribution in [0.3, 0.4) is 0 Å². The molecule has 0 spiro atoms. The molecule has 0 saturated carbocycles. The number of carbonyl (C=O) groups is 1. The molecule has 1 aliphatic heterocycles. The lowest BCUT2D eigenvalue weighted by Crippen LogP contribution is -2.29. The summed E-state index contributed by atoms with van der Waals surface area (Å²) in [6.07, 6.45) is 4.73. The van der Waals surface area contributed by atoms with Crippen molar-refractivity contribution in [1.29, 1.82) is 0 Å². The van der Waals surface area contributed by atoms with Crippen LogP contribution in [-0.4, -0.2) is 38.4 Å². The number of nitrogens with zero attached hydrogens (tertiary/aromatic N) is 3. The number of aromatic nitrogens is 3. The summed E-state index contributed by atoms with van der Waals surface area (Å²) >= 11 is 0. The number of para-hydroxylation sites is 2. The van der Waals surface area contributed by atoms with E-state index in [2.05, 4.69) is 20.6 Å². The Morgan fingerprint density at radius 2 is 2.04 bits per heavy atom. The van der Waals surface area contributed by atoms with Gasteiger partial charge in [-0.2, -0.15) is 0 Å². The molecule has 1 saturated heterocycles. The second kappa shape index (κ2) is 5.48. The van der Waals surface area contributed by atoms with Gasteiger partial charge in [-0.05, 0) is 36.8 Å².